The number of nitrogens with one attached hydrogen (secondary N) is 2. The van der Waals surface area contributed by atoms with Gasteiger partial charge in [-0.1, -0.05) is 13.8 Å². The third kappa shape index (κ3) is 6.35. The summed E-state index contributed by atoms with van der Waals surface area (Å²) in [6.45, 7) is 5.22. The summed E-state index contributed by atoms with van der Waals surface area (Å²) in [6, 6.07) is 0.157. The maximum absolute atomic E-state index is 11.5. The maximum atomic E-state index is 11.5. The van der Waals surface area contributed by atoms with E-state index in [1.54, 1.807) is 0 Å². The Balaban J connectivity index is 2.12. The zero-order valence-electron chi connectivity index (χ0n) is 11.2. The highest BCUT2D eigenvalue weighted by atomic mass is 32.2. The number of sulfone groups is 1. The fraction of sp³-hybridized carbons (Fsp3) is 0.917. The monoisotopic (exact) mass is 276 g/mol. The summed E-state index contributed by atoms with van der Waals surface area (Å²) in [4.78, 5) is 11.5. The van der Waals surface area contributed by atoms with Crippen LogP contribution in [0.15, 0.2) is 0 Å². The van der Waals surface area contributed by atoms with Gasteiger partial charge in [-0.3, -0.25) is 4.79 Å². The molecule has 0 aromatic rings. The van der Waals surface area contributed by atoms with Gasteiger partial charge in [0.2, 0.25) is 5.91 Å². The summed E-state index contributed by atoms with van der Waals surface area (Å²) < 4.78 is 22.5. The fourth-order valence-electron chi connectivity index (χ4n) is 1.89. The van der Waals surface area contributed by atoms with Crippen molar-refractivity contribution in [2.45, 2.75) is 39.2 Å². The van der Waals surface area contributed by atoms with E-state index in [0.717, 1.165) is 6.42 Å². The molecule has 1 saturated heterocycles. The van der Waals surface area contributed by atoms with Crippen LogP contribution in [0.25, 0.3) is 0 Å². The Bertz CT molecular complexity index is 352. The molecule has 1 aliphatic heterocycles. The van der Waals surface area contributed by atoms with Crippen LogP contribution in [0, 0.1) is 5.92 Å². The molecule has 5 nitrogen and oxygen atoms in total. The van der Waals surface area contributed by atoms with E-state index >= 15 is 0 Å². The van der Waals surface area contributed by atoms with E-state index in [2.05, 4.69) is 24.5 Å². The van der Waals surface area contributed by atoms with Crippen LogP contribution in [-0.2, 0) is 14.6 Å². The molecule has 0 aromatic carbocycles. The van der Waals surface area contributed by atoms with Crippen LogP contribution in [0.2, 0.25) is 0 Å². The molecule has 0 unspecified atom stereocenters. The zero-order valence-corrected chi connectivity index (χ0v) is 12.1. The molecule has 0 aliphatic carbocycles. The van der Waals surface area contributed by atoms with Crippen molar-refractivity contribution in [3.63, 3.8) is 0 Å². The third-order valence-electron chi connectivity index (χ3n) is 3.15. The van der Waals surface area contributed by atoms with Gasteiger partial charge in [0.25, 0.3) is 0 Å². The molecule has 18 heavy (non-hydrogen) atoms. The summed E-state index contributed by atoms with van der Waals surface area (Å²) in [7, 11) is -2.82. The molecule has 1 amide bonds. The van der Waals surface area contributed by atoms with E-state index in [0.29, 0.717) is 25.3 Å². The lowest BCUT2D eigenvalue weighted by molar-refractivity contribution is -0.120. The second kappa shape index (κ2) is 7.09. The van der Waals surface area contributed by atoms with Gasteiger partial charge in [-0.2, -0.15) is 0 Å². The van der Waals surface area contributed by atoms with Crippen LogP contribution in [0.5, 0.6) is 0 Å². The van der Waals surface area contributed by atoms with Crippen molar-refractivity contribution in [3.05, 3.63) is 0 Å². The van der Waals surface area contributed by atoms with Gasteiger partial charge in [0.05, 0.1) is 18.1 Å². The van der Waals surface area contributed by atoms with E-state index < -0.39 is 9.84 Å². The lowest BCUT2D eigenvalue weighted by atomic mass is 10.1. The Labute approximate surface area is 110 Å². The highest BCUT2D eigenvalue weighted by Gasteiger charge is 2.23. The van der Waals surface area contributed by atoms with Gasteiger partial charge >= 0.3 is 0 Å². The van der Waals surface area contributed by atoms with Crippen molar-refractivity contribution in [1.82, 2.24) is 10.6 Å². The molecule has 106 valence electrons. The first kappa shape index (κ1) is 15.4. The van der Waals surface area contributed by atoms with Crippen LogP contribution in [0.1, 0.15) is 33.1 Å². The van der Waals surface area contributed by atoms with Gasteiger partial charge < -0.3 is 10.6 Å². The number of carbonyl (C=O) groups excluding carboxylic acids is 1. The molecule has 6 heteroatoms. The van der Waals surface area contributed by atoms with Crippen molar-refractivity contribution in [2.24, 2.45) is 5.92 Å². The third-order valence-corrected chi connectivity index (χ3v) is 4.87. The van der Waals surface area contributed by atoms with Gasteiger partial charge in [-0.15, -0.1) is 0 Å². The predicted octanol–water partition coefficient (Wildman–Crippen LogP) is 0.316. The maximum Gasteiger partial charge on any atom is 0.233 e. The summed E-state index contributed by atoms with van der Waals surface area (Å²) >= 11 is 0. The molecule has 2 N–H and O–H groups in total. The second-order valence-electron chi connectivity index (χ2n) is 5.34. The molecule has 0 saturated carbocycles. The van der Waals surface area contributed by atoms with Crippen LogP contribution < -0.4 is 10.6 Å². The number of hydrogen-bond acceptors (Lipinski definition) is 4. The summed E-state index contributed by atoms with van der Waals surface area (Å²) in [5, 5.41) is 5.97. The largest absolute Gasteiger partial charge is 0.355 e. The summed E-state index contributed by atoms with van der Waals surface area (Å²) in [5.74, 6) is 1.05. The van der Waals surface area contributed by atoms with Crippen LogP contribution in [0.4, 0.5) is 0 Å². The van der Waals surface area contributed by atoms with Crippen LogP contribution >= 0.6 is 0 Å². The van der Waals surface area contributed by atoms with E-state index in [1.807, 2.05) is 0 Å². The average molecular weight is 276 g/mol. The fourth-order valence-corrected chi connectivity index (χ4v) is 3.39. The molecule has 0 bridgehead atoms. The first-order valence-electron chi connectivity index (χ1n) is 6.59. The Morgan fingerprint density at radius 2 is 1.89 bits per heavy atom. The topological polar surface area (TPSA) is 75.3 Å². The first-order chi connectivity index (χ1) is 8.39. The lowest BCUT2D eigenvalue weighted by Crippen LogP contribution is -2.43. The Kier molecular flexibility index (Phi) is 6.08. The number of hydrogen-bond donors (Lipinski definition) is 2. The number of rotatable bonds is 6. The Morgan fingerprint density at radius 1 is 1.28 bits per heavy atom. The first-order valence-corrected chi connectivity index (χ1v) is 8.41. The Morgan fingerprint density at radius 3 is 2.44 bits per heavy atom. The predicted molar refractivity (Wildman–Crippen MR) is 72.1 cm³/mol. The normalized spacial score (nSPS) is 19.9. The quantitative estimate of drug-likeness (QED) is 0.732. The van der Waals surface area contributed by atoms with Crippen molar-refractivity contribution >= 4 is 15.7 Å². The van der Waals surface area contributed by atoms with Crippen molar-refractivity contribution in [2.75, 3.05) is 24.6 Å². The van der Waals surface area contributed by atoms with Gasteiger partial charge in [-0.25, -0.2) is 8.42 Å². The molecular weight excluding hydrogens is 252 g/mol. The minimum absolute atomic E-state index is 0.0101. The molecule has 1 fully saturated rings. The molecule has 1 aliphatic rings. The molecule has 0 spiro atoms. The minimum Gasteiger partial charge on any atom is -0.355 e. The Hall–Kier alpha value is -0.620. The number of amides is 1. The highest BCUT2D eigenvalue weighted by Crippen LogP contribution is 2.11. The molecule has 0 atom stereocenters. The average Bonchev–Trinajstić information content (AvgIpc) is 2.27. The van der Waals surface area contributed by atoms with E-state index in [1.165, 1.54) is 0 Å². The standard InChI is InChI=1S/C12H24N2O3S/c1-10(2)3-6-13-12(15)9-14-11-4-7-18(16,17)8-5-11/h10-11,14H,3-9H2,1-2H3,(H,13,15). The summed E-state index contributed by atoms with van der Waals surface area (Å²) in [6.07, 6.45) is 2.20. The van der Waals surface area contributed by atoms with Crippen LogP contribution in [-0.4, -0.2) is 45.0 Å². The number of carbonyl (C=O) groups is 1. The molecule has 0 aromatic heterocycles. The zero-order chi connectivity index (χ0) is 13.6. The van der Waals surface area contributed by atoms with E-state index in [-0.39, 0.29) is 30.0 Å². The molecule has 1 rings (SSSR count). The van der Waals surface area contributed by atoms with E-state index in [4.69, 9.17) is 0 Å². The minimum atomic E-state index is -2.82. The van der Waals surface area contributed by atoms with E-state index in [9.17, 15) is 13.2 Å². The van der Waals surface area contributed by atoms with Crippen LogP contribution in [0.3, 0.4) is 0 Å². The van der Waals surface area contributed by atoms with Gasteiger partial charge in [-0.05, 0) is 25.2 Å². The van der Waals surface area contributed by atoms with Gasteiger partial charge in [0, 0.05) is 12.6 Å². The van der Waals surface area contributed by atoms with Gasteiger partial charge in [0.1, 0.15) is 9.84 Å². The highest BCUT2D eigenvalue weighted by molar-refractivity contribution is 7.91. The SMILES string of the molecule is CC(C)CCNC(=O)CNC1CCS(=O)(=O)CC1. The molecular formula is C12H24N2O3S. The molecule has 0 radical (unpaired) electrons. The second-order valence-corrected chi connectivity index (χ2v) is 7.64. The lowest BCUT2D eigenvalue weighted by Gasteiger charge is -2.22. The van der Waals surface area contributed by atoms with Crippen molar-refractivity contribution in [1.29, 1.82) is 0 Å². The smallest absolute Gasteiger partial charge is 0.233 e. The van der Waals surface area contributed by atoms with Crippen molar-refractivity contribution < 1.29 is 13.2 Å². The summed E-state index contributed by atoms with van der Waals surface area (Å²) in [5.41, 5.74) is 0. The van der Waals surface area contributed by atoms with Crippen molar-refractivity contribution in [3.8, 4) is 0 Å². The van der Waals surface area contributed by atoms with Gasteiger partial charge in [0.15, 0.2) is 0 Å². The molecule has 1 heterocycles.